The molecule has 61 heavy (non-hydrogen) atoms. The number of morpholine rings is 1. The Morgan fingerprint density at radius 2 is 1.72 bits per heavy atom. The second-order valence-electron chi connectivity index (χ2n) is 17.6. The molecule has 4 fully saturated rings. The number of hydrogen-bond donors (Lipinski definition) is 3. The molecule has 1 spiro atoms. The summed E-state index contributed by atoms with van der Waals surface area (Å²) in [5, 5.41) is 8.47. The van der Waals surface area contributed by atoms with Crippen LogP contribution in [0.1, 0.15) is 94.3 Å². The van der Waals surface area contributed by atoms with Crippen LogP contribution in [0.4, 0.5) is 30.2 Å². The summed E-state index contributed by atoms with van der Waals surface area (Å²) in [6.45, 7) is 7.51. The van der Waals surface area contributed by atoms with Gasteiger partial charge in [-0.2, -0.15) is 13.2 Å². The fourth-order valence-corrected chi connectivity index (χ4v) is 10.2. The van der Waals surface area contributed by atoms with E-state index in [4.69, 9.17) is 9.47 Å². The van der Waals surface area contributed by atoms with Gasteiger partial charge in [0.1, 0.15) is 28.8 Å². The maximum atomic E-state index is 13.5. The molecule has 14 nitrogen and oxygen atoms in total. The van der Waals surface area contributed by atoms with Crippen LogP contribution in [0.3, 0.4) is 0 Å². The van der Waals surface area contributed by atoms with E-state index in [1.165, 1.54) is 12.1 Å². The highest BCUT2D eigenvalue weighted by Crippen LogP contribution is 2.54. The number of alkyl halides is 3. The van der Waals surface area contributed by atoms with Crippen LogP contribution in [0.5, 0.6) is 5.75 Å². The van der Waals surface area contributed by atoms with Crippen molar-refractivity contribution in [1.82, 2.24) is 20.1 Å². The van der Waals surface area contributed by atoms with Gasteiger partial charge in [0.05, 0.1) is 35.7 Å². The molecule has 3 aromatic rings. The molecule has 2 atom stereocenters. The number of nitrogens with zero attached hydrogens (tertiary/aromatic N) is 4. The Hall–Kier alpha value is -5.55. The Bertz CT molecular complexity index is 2280. The number of aromatic nitrogens is 1. The fraction of sp³-hybridized carbons (Fsp3) is 0.500. The summed E-state index contributed by atoms with van der Waals surface area (Å²) in [6.07, 6.45) is 1.45. The average molecular weight is 844 g/mol. The molecule has 6 aliphatic rings. The maximum absolute atomic E-state index is 13.5. The lowest BCUT2D eigenvalue weighted by molar-refractivity contribution is -0.141. The van der Waals surface area contributed by atoms with Crippen molar-refractivity contribution in [3.8, 4) is 5.75 Å². The first kappa shape index (κ1) is 40.8. The van der Waals surface area contributed by atoms with Crippen molar-refractivity contribution in [1.29, 1.82) is 0 Å². The molecule has 5 aliphatic heterocycles. The number of likely N-dealkylation sites (tertiary alicyclic amines) is 1. The number of carbonyl (C=O) groups excluding carboxylic acids is 5. The smallest absolute Gasteiger partial charge is 0.433 e. The summed E-state index contributed by atoms with van der Waals surface area (Å²) in [5.41, 5.74) is 1.55. The molecular weight excluding hydrogens is 796 g/mol. The van der Waals surface area contributed by atoms with Crippen molar-refractivity contribution in [2.24, 2.45) is 11.3 Å². The van der Waals surface area contributed by atoms with Crippen LogP contribution in [0, 0.1) is 11.3 Å². The molecule has 9 rings (SSSR count). The summed E-state index contributed by atoms with van der Waals surface area (Å²) >= 11 is 0. The van der Waals surface area contributed by atoms with Crippen molar-refractivity contribution >= 4 is 46.6 Å². The molecule has 3 saturated heterocycles. The number of piperidine rings is 2. The van der Waals surface area contributed by atoms with Crippen LogP contribution in [0.25, 0.3) is 0 Å². The topological polar surface area (TPSA) is 163 Å². The van der Waals surface area contributed by atoms with Crippen LogP contribution < -0.4 is 25.6 Å². The standard InChI is InChI=1S/C44H48F3N7O7/c1-42(24-27-20-31(33(21-34(27)61-42)53-16-18-60-19-17-53)50-38(56)30-6-3-7-35(49-30)44(45,46)47)25-52-14-11-43(12-15-52)22-26(23-43)10-13-48-29-5-2-4-28-37(29)41(59)54(40(28)58)32-8-9-36(55)51-39(32)57/h2-7,20-21,26,32,48H,8-19,22-25H2,1H3,(H,50,56)(H,51,55,57)/t32?,42-/m1/s1. The predicted molar refractivity (Wildman–Crippen MR) is 216 cm³/mol. The van der Waals surface area contributed by atoms with E-state index in [1.807, 2.05) is 12.1 Å². The Balaban J connectivity index is 0.778. The van der Waals surface area contributed by atoms with Gasteiger partial charge in [-0.05, 0) is 100 Å². The Labute approximate surface area is 350 Å². The van der Waals surface area contributed by atoms with E-state index in [2.05, 4.69) is 37.7 Å². The summed E-state index contributed by atoms with van der Waals surface area (Å²) in [4.78, 5) is 73.3. The molecule has 1 saturated carbocycles. The van der Waals surface area contributed by atoms with Crippen LogP contribution in [0.15, 0.2) is 48.5 Å². The number of ether oxygens (including phenoxy) is 2. The number of rotatable bonds is 10. The van der Waals surface area contributed by atoms with E-state index in [0.717, 1.165) is 74.0 Å². The van der Waals surface area contributed by atoms with Gasteiger partial charge in [0, 0.05) is 56.3 Å². The van der Waals surface area contributed by atoms with Crippen LogP contribution >= 0.6 is 0 Å². The van der Waals surface area contributed by atoms with E-state index in [-0.39, 0.29) is 29.7 Å². The normalized spacial score (nSPS) is 24.0. The van der Waals surface area contributed by atoms with Crippen molar-refractivity contribution in [3.63, 3.8) is 0 Å². The third-order valence-electron chi connectivity index (χ3n) is 13.2. The lowest BCUT2D eigenvalue weighted by Crippen LogP contribution is -2.54. The van der Waals surface area contributed by atoms with Crippen LogP contribution in [0.2, 0.25) is 0 Å². The minimum Gasteiger partial charge on any atom is -0.486 e. The third-order valence-corrected chi connectivity index (χ3v) is 13.2. The average Bonchev–Trinajstić information content (AvgIpc) is 3.68. The lowest BCUT2D eigenvalue weighted by atomic mass is 9.57. The number of halogens is 3. The third kappa shape index (κ3) is 8.05. The van der Waals surface area contributed by atoms with Gasteiger partial charge in [-0.3, -0.25) is 39.1 Å². The maximum Gasteiger partial charge on any atom is 0.433 e. The number of amides is 5. The molecule has 2 aromatic carbocycles. The summed E-state index contributed by atoms with van der Waals surface area (Å²) in [6, 6.07) is 11.2. The van der Waals surface area contributed by atoms with Gasteiger partial charge in [-0.15, -0.1) is 0 Å². The molecule has 322 valence electrons. The number of hydrogen-bond acceptors (Lipinski definition) is 11. The Morgan fingerprint density at radius 1 is 0.967 bits per heavy atom. The molecule has 6 heterocycles. The minimum absolute atomic E-state index is 0.0684. The quantitative estimate of drug-likeness (QED) is 0.228. The van der Waals surface area contributed by atoms with Gasteiger partial charge in [-0.25, -0.2) is 4.98 Å². The molecule has 1 unspecified atom stereocenters. The van der Waals surface area contributed by atoms with E-state index in [1.54, 1.807) is 18.2 Å². The van der Waals surface area contributed by atoms with Gasteiger partial charge >= 0.3 is 6.18 Å². The minimum atomic E-state index is -4.67. The molecule has 3 N–H and O–H groups in total. The summed E-state index contributed by atoms with van der Waals surface area (Å²) in [7, 11) is 0. The molecule has 1 aliphatic carbocycles. The Kier molecular flexibility index (Phi) is 10.5. The van der Waals surface area contributed by atoms with E-state index >= 15 is 0 Å². The first-order valence-corrected chi connectivity index (χ1v) is 21.0. The Morgan fingerprint density at radius 3 is 2.46 bits per heavy atom. The second kappa shape index (κ2) is 15.7. The monoisotopic (exact) mass is 843 g/mol. The van der Waals surface area contributed by atoms with Crippen molar-refractivity contribution in [2.45, 2.75) is 76.1 Å². The van der Waals surface area contributed by atoms with Crippen molar-refractivity contribution in [2.75, 3.05) is 68.0 Å². The zero-order chi connectivity index (χ0) is 42.7. The number of anilines is 3. The fourth-order valence-electron chi connectivity index (χ4n) is 10.2. The number of pyridine rings is 1. The summed E-state index contributed by atoms with van der Waals surface area (Å²) in [5.74, 6) is -1.54. The SMILES string of the molecule is C[C@]1(CN2CCC3(CC2)CC(CCNc2cccc4c2C(=O)N(C2CCC(=O)NC2=O)C4=O)C3)Cc2cc(NC(=O)c3cccc(C(F)(F)F)n3)c(N3CCOCC3)cc2O1. The van der Waals surface area contributed by atoms with Crippen LogP contribution in [-0.4, -0.2) is 108 Å². The second-order valence-corrected chi connectivity index (χ2v) is 17.6. The van der Waals surface area contributed by atoms with Gasteiger partial charge < -0.3 is 25.0 Å². The highest BCUT2D eigenvalue weighted by atomic mass is 19.4. The zero-order valence-corrected chi connectivity index (χ0v) is 33.9. The first-order valence-electron chi connectivity index (χ1n) is 21.0. The van der Waals surface area contributed by atoms with Gasteiger partial charge in [-0.1, -0.05) is 12.1 Å². The molecular formula is C44H48F3N7O7. The van der Waals surface area contributed by atoms with Crippen LogP contribution in [-0.2, 0) is 26.9 Å². The van der Waals surface area contributed by atoms with E-state index < -0.39 is 53.0 Å². The molecule has 1 aromatic heterocycles. The van der Waals surface area contributed by atoms with E-state index in [0.29, 0.717) is 67.7 Å². The van der Waals surface area contributed by atoms with Crippen molar-refractivity contribution in [3.05, 3.63) is 76.6 Å². The van der Waals surface area contributed by atoms with Gasteiger partial charge in [0.25, 0.3) is 17.7 Å². The lowest BCUT2D eigenvalue weighted by Gasteiger charge is -2.53. The number of imide groups is 2. The number of benzene rings is 2. The first-order chi connectivity index (χ1) is 29.2. The molecule has 0 bridgehead atoms. The largest absolute Gasteiger partial charge is 0.486 e. The predicted octanol–water partition coefficient (Wildman–Crippen LogP) is 5.28. The van der Waals surface area contributed by atoms with E-state index in [9.17, 15) is 37.1 Å². The van der Waals surface area contributed by atoms with Gasteiger partial charge in [0.15, 0.2) is 0 Å². The zero-order valence-electron chi connectivity index (χ0n) is 33.9. The number of fused-ring (bicyclic) bond motifs is 2. The highest BCUT2D eigenvalue weighted by Gasteiger charge is 2.48. The molecule has 17 heteroatoms. The van der Waals surface area contributed by atoms with Crippen molar-refractivity contribution < 1.29 is 46.6 Å². The summed E-state index contributed by atoms with van der Waals surface area (Å²) < 4.78 is 52.3. The number of carbonyl (C=O) groups is 5. The molecule has 5 amide bonds. The number of nitrogens with one attached hydrogen (secondary N) is 3. The van der Waals surface area contributed by atoms with Gasteiger partial charge in [0.2, 0.25) is 11.8 Å². The highest BCUT2D eigenvalue weighted by molar-refractivity contribution is 6.25. The molecule has 0 radical (unpaired) electrons.